The van der Waals surface area contributed by atoms with Crippen molar-refractivity contribution in [2.45, 2.75) is 23.8 Å². The van der Waals surface area contributed by atoms with E-state index in [1.165, 1.54) is 12.1 Å². The van der Waals surface area contributed by atoms with Gasteiger partial charge < -0.3 is 5.11 Å². The molecule has 1 atom stereocenters. The molecule has 1 unspecified atom stereocenters. The van der Waals surface area contributed by atoms with Crippen LogP contribution in [0.1, 0.15) is 12.8 Å². The molecular weight excluding hydrogens is 378 g/mol. The minimum atomic E-state index is -3.71. The normalized spacial score (nSPS) is 12.6. The van der Waals surface area contributed by atoms with Gasteiger partial charge in [-0.2, -0.15) is 0 Å². The molecule has 0 fully saturated rings. The van der Waals surface area contributed by atoms with Crippen LogP contribution in [0.3, 0.4) is 0 Å². The lowest BCUT2D eigenvalue weighted by molar-refractivity contribution is -0.158. The summed E-state index contributed by atoms with van der Waals surface area (Å²) in [6, 6.07) is 12.6. The van der Waals surface area contributed by atoms with Crippen LogP contribution in [0.15, 0.2) is 53.4 Å². The molecule has 2 aromatic rings. The first-order valence-corrected chi connectivity index (χ1v) is 10.0. The van der Waals surface area contributed by atoms with Crippen LogP contribution in [0.2, 0.25) is 5.02 Å². The van der Waals surface area contributed by atoms with Crippen LogP contribution in [0.4, 0.5) is 0 Å². The summed E-state index contributed by atoms with van der Waals surface area (Å²) < 4.78 is 25.2. The van der Waals surface area contributed by atoms with Crippen LogP contribution in [-0.2, 0) is 14.6 Å². The molecule has 140 valence electrons. The number of sulfone groups is 1. The lowest BCUT2D eigenvalue weighted by Gasteiger charge is -2.22. The zero-order valence-corrected chi connectivity index (χ0v) is 15.5. The number of rotatable bonds is 9. The van der Waals surface area contributed by atoms with Crippen molar-refractivity contribution in [3.63, 3.8) is 0 Å². The SMILES string of the molecule is O=CN(O)C(CCCO)CS(=O)(=O)c1ccc(-c2ccc(Cl)cc2)cc1. The van der Waals surface area contributed by atoms with Crippen LogP contribution in [0.25, 0.3) is 11.1 Å². The summed E-state index contributed by atoms with van der Waals surface area (Å²) in [7, 11) is -3.71. The number of benzene rings is 2. The van der Waals surface area contributed by atoms with Crippen molar-refractivity contribution in [1.29, 1.82) is 0 Å². The number of aliphatic hydroxyl groups is 1. The smallest absolute Gasteiger partial charge is 0.233 e. The van der Waals surface area contributed by atoms with Gasteiger partial charge in [0.1, 0.15) is 0 Å². The first-order chi connectivity index (χ1) is 12.4. The van der Waals surface area contributed by atoms with E-state index in [9.17, 15) is 18.4 Å². The van der Waals surface area contributed by atoms with E-state index in [-0.39, 0.29) is 30.8 Å². The second kappa shape index (κ2) is 9.14. The Labute approximate surface area is 157 Å². The maximum absolute atomic E-state index is 12.6. The average Bonchev–Trinajstić information content (AvgIpc) is 2.65. The molecule has 0 saturated carbocycles. The maximum Gasteiger partial charge on any atom is 0.233 e. The molecule has 0 aliphatic rings. The summed E-state index contributed by atoms with van der Waals surface area (Å²) in [5, 5.41) is 19.4. The van der Waals surface area contributed by atoms with Crippen molar-refractivity contribution in [1.82, 2.24) is 5.06 Å². The second-order valence-corrected chi connectivity index (χ2v) is 8.29. The number of aliphatic hydroxyl groups excluding tert-OH is 1. The predicted molar refractivity (Wildman–Crippen MR) is 98.7 cm³/mol. The van der Waals surface area contributed by atoms with Crippen LogP contribution in [0.5, 0.6) is 0 Å². The topological polar surface area (TPSA) is 94.9 Å². The van der Waals surface area contributed by atoms with Crippen LogP contribution in [0, 0.1) is 0 Å². The molecule has 8 heteroatoms. The van der Waals surface area contributed by atoms with Gasteiger partial charge in [0.25, 0.3) is 0 Å². The van der Waals surface area contributed by atoms with Gasteiger partial charge in [0, 0.05) is 11.6 Å². The zero-order valence-electron chi connectivity index (χ0n) is 14.0. The Balaban J connectivity index is 2.19. The van der Waals surface area contributed by atoms with Crippen molar-refractivity contribution in [3.8, 4) is 11.1 Å². The van der Waals surface area contributed by atoms with Gasteiger partial charge >= 0.3 is 0 Å². The van der Waals surface area contributed by atoms with Gasteiger partial charge in [0.05, 0.1) is 16.7 Å². The molecule has 0 spiro atoms. The highest BCUT2D eigenvalue weighted by molar-refractivity contribution is 7.91. The average molecular weight is 398 g/mol. The van der Waals surface area contributed by atoms with Crippen molar-refractivity contribution in [2.24, 2.45) is 0 Å². The Bertz CT molecular complexity index is 822. The minimum absolute atomic E-state index is 0.100. The number of hydrogen-bond donors (Lipinski definition) is 2. The Kier molecular flexibility index (Phi) is 7.16. The van der Waals surface area contributed by atoms with Gasteiger partial charge in [-0.1, -0.05) is 35.9 Å². The second-order valence-electron chi connectivity index (χ2n) is 5.82. The van der Waals surface area contributed by atoms with Crippen molar-refractivity contribution in [2.75, 3.05) is 12.4 Å². The third-order valence-corrected chi connectivity index (χ3v) is 6.05. The largest absolute Gasteiger partial charge is 0.396 e. The third-order valence-electron chi connectivity index (χ3n) is 3.98. The number of hydrogen-bond acceptors (Lipinski definition) is 5. The quantitative estimate of drug-likeness (QED) is 0.385. The molecule has 2 aromatic carbocycles. The highest BCUT2D eigenvalue weighted by Gasteiger charge is 2.25. The lowest BCUT2D eigenvalue weighted by Crippen LogP contribution is -2.37. The Hall–Kier alpha value is -1.93. The number of nitrogens with zero attached hydrogens (tertiary/aromatic N) is 1. The van der Waals surface area contributed by atoms with E-state index < -0.39 is 21.6 Å². The van der Waals surface area contributed by atoms with E-state index in [4.69, 9.17) is 16.7 Å². The molecule has 0 radical (unpaired) electrons. The Morgan fingerprint density at radius 1 is 1.04 bits per heavy atom. The standard InChI is InChI=1S/C18H20ClNO5S/c19-16-7-3-14(4-8-16)15-5-9-18(10-6-15)26(24,25)12-17(2-1-11-21)20(23)13-22/h3-10,13,17,21,23H,1-2,11-12H2. The molecule has 0 aliphatic carbocycles. The molecule has 0 saturated heterocycles. The summed E-state index contributed by atoms with van der Waals surface area (Å²) in [4.78, 5) is 10.9. The van der Waals surface area contributed by atoms with Crippen LogP contribution < -0.4 is 0 Å². The molecule has 0 heterocycles. The molecule has 0 aliphatic heterocycles. The van der Waals surface area contributed by atoms with Gasteiger partial charge in [-0.05, 0) is 48.2 Å². The number of carbonyl (C=O) groups excluding carboxylic acids is 1. The Morgan fingerprint density at radius 2 is 1.58 bits per heavy atom. The predicted octanol–water partition coefficient (Wildman–Crippen LogP) is 2.77. The van der Waals surface area contributed by atoms with Crippen LogP contribution >= 0.6 is 11.6 Å². The van der Waals surface area contributed by atoms with Gasteiger partial charge in [0.2, 0.25) is 6.41 Å². The number of hydroxylamine groups is 2. The first-order valence-electron chi connectivity index (χ1n) is 7.99. The molecular formula is C18H20ClNO5S. The summed E-state index contributed by atoms with van der Waals surface area (Å²) in [5.74, 6) is -0.428. The van der Waals surface area contributed by atoms with E-state index in [1.54, 1.807) is 24.3 Å². The number of halogens is 1. The number of amides is 1. The van der Waals surface area contributed by atoms with Gasteiger partial charge in [0.15, 0.2) is 9.84 Å². The molecule has 0 bridgehead atoms. The van der Waals surface area contributed by atoms with Crippen molar-refractivity contribution < 1.29 is 23.5 Å². The minimum Gasteiger partial charge on any atom is -0.396 e. The van der Waals surface area contributed by atoms with Gasteiger partial charge in [-0.25, -0.2) is 13.5 Å². The summed E-state index contributed by atoms with van der Waals surface area (Å²) >= 11 is 5.86. The summed E-state index contributed by atoms with van der Waals surface area (Å²) in [6.45, 7) is -0.154. The fourth-order valence-electron chi connectivity index (χ4n) is 2.55. The maximum atomic E-state index is 12.6. The van der Waals surface area contributed by atoms with E-state index in [0.717, 1.165) is 11.1 Å². The highest BCUT2D eigenvalue weighted by Crippen LogP contribution is 2.24. The fraction of sp³-hybridized carbons (Fsp3) is 0.278. The van der Waals surface area contributed by atoms with Crippen LogP contribution in [-0.4, -0.2) is 48.6 Å². The third kappa shape index (κ3) is 5.28. The monoisotopic (exact) mass is 397 g/mol. The number of carbonyl (C=O) groups is 1. The summed E-state index contributed by atoms with van der Waals surface area (Å²) in [6.07, 6.45) is 0.621. The molecule has 2 N–H and O–H groups in total. The first kappa shape index (κ1) is 20.4. The van der Waals surface area contributed by atoms with E-state index in [2.05, 4.69) is 0 Å². The van der Waals surface area contributed by atoms with E-state index >= 15 is 0 Å². The Morgan fingerprint density at radius 3 is 2.08 bits per heavy atom. The van der Waals surface area contributed by atoms with Gasteiger partial charge in [-0.15, -0.1) is 0 Å². The molecule has 2 rings (SSSR count). The highest BCUT2D eigenvalue weighted by atomic mass is 35.5. The molecule has 26 heavy (non-hydrogen) atoms. The van der Waals surface area contributed by atoms with E-state index in [1.807, 2.05) is 12.1 Å². The lowest BCUT2D eigenvalue weighted by atomic mass is 10.1. The fourth-order valence-corrected chi connectivity index (χ4v) is 4.25. The molecule has 1 amide bonds. The zero-order chi connectivity index (χ0) is 19.2. The molecule has 6 nitrogen and oxygen atoms in total. The summed E-state index contributed by atoms with van der Waals surface area (Å²) in [5.41, 5.74) is 1.75. The van der Waals surface area contributed by atoms with Crippen molar-refractivity contribution >= 4 is 27.8 Å². The van der Waals surface area contributed by atoms with Gasteiger partial charge in [-0.3, -0.25) is 10.0 Å². The van der Waals surface area contributed by atoms with E-state index in [0.29, 0.717) is 10.1 Å². The van der Waals surface area contributed by atoms with Crippen molar-refractivity contribution in [3.05, 3.63) is 53.6 Å². The molecule has 0 aromatic heterocycles.